The van der Waals surface area contributed by atoms with Gasteiger partial charge in [0.15, 0.2) is 0 Å². The molecule has 0 bridgehead atoms. The number of hydrogen-bond acceptors (Lipinski definition) is 6. The number of carbonyl (C=O) groups excluding carboxylic acids is 4. The van der Waals surface area contributed by atoms with E-state index in [-0.39, 0.29) is 30.1 Å². The van der Waals surface area contributed by atoms with Crippen molar-refractivity contribution < 1.29 is 23.9 Å². The standard InChI is InChI=1S/C26H39N5O5/c1-25(2,3)36-24(35)31-12-5-4-9-26(31)10-13-30(23(26)34)20(14-17-6-7-17)22(33)29-19(16-27)15-18-8-11-28-21(18)32/h17-20H,4-15H2,1-3H3,(H,28,32)(H,29,33)/t18-,19-,20-,26?/m0/s1. The molecule has 1 unspecified atom stereocenters. The fraction of sp³-hybridized carbons (Fsp3) is 0.808. The molecule has 4 rings (SSSR count). The molecule has 2 N–H and O–H groups in total. The largest absolute Gasteiger partial charge is 0.444 e. The van der Waals surface area contributed by atoms with Crippen molar-refractivity contribution in [1.29, 1.82) is 5.26 Å². The molecule has 0 aromatic rings. The van der Waals surface area contributed by atoms with E-state index in [1.165, 1.54) is 0 Å². The molecule has 0 aromatic carbocycles. The summed E-state index contributed by atoms with van der Waals surface area (Å²) in [6, 6.07) is 0.629. The predicted octanol–water partition coefficient (Wildman–Crippen LogP) is 2.08. The Labute approximate surface area is 213 Å². The molecule has 3 heterocycles. The number of amides is 4. The quantitative estimate of drug-likeness (QED) is 0.549. The number of nitrogens with one attached hydrogen (secondary N) is 2. The van der Waals surface area contributed by atoms with Crippen LogP contribution in [0.4, 0.5) is 4.79 Å². The highest BCUT2D eigenvalue weighted by Crippen LogP contribution is 2.42. The second kappa shape index (κ2) is 10.3. The molecule has 3 aliphatic heterocycles. The van der Waals surface area contributed by atoms with Crippen LogP contribution in [0.3, 0.4) is 0 Å². The van der Waals surface area contributed by atoms with Crippen LogP contribution in [0.25, 0.3) is 0 Å². The molecule has 3 saturated heterocycles. The molecule has 36 heavy (non-hydrogen) atoms. The summed E-state index contributed by atoms with van der Waals surface area (Å²) < 4.78 is 5.64. The fourth-order valence-corrected chi connectivity index (χ4v) is 5.79. The average Bonchev–Trinajstić information content (AvgIpc) is 3.48. The van der Waals surface area contributed by atoms with Crippen molar-refractivity contribution in [2.45, 2.75) is 102 Å². The molecule has 1 aliphatic carbocycles. The van der Waals surface area contributed by atoms with Gasteiger partial charge in [0.1, 0.15) is 23.2 Å². The summed E-state index contributed by atoms with van der Waals surface area (Å²) in [6.45, 7) is 6.83. The number of carbonyl (C=O) groups is 4. The van der Waals surface area contributed by atoms with Gasteiger partial charge in [0.05, 0.1) is 6.07 Å². The second-order valence-electron chi connectivity index (χ2n) is 11.8. The third-order valence-electron chi connectivity index (χ3n) is 7.87. The van der Waals surface area contributed by atoms with Crippen molar-refractivity contribution in [1.82, 2.24) is 20.4 Å². The minimum absolute atomic E-state index is 0.0878. The highest BCUT2D eigenvalue weighted by Gasteiger charge is 2.56. The topological polar surface area (TPSA) is 132 Å². The molecule has 4 amide bonds. The summed E-state index contributed by atoms with van der Waals surface area (Å²) >= 11 is 0. The average molecular weight is 502 g/mol. The van der Waals surface area contributed by atoms with Gasteiger partial charge >= 0.3 is 6.09 Å². The van der Waals surface area contributed by atoms with Crippen LogP contribution < -0.4 is 10.6 Å². The first-order valence-electron chi connectivity index (χ1n) is 13.3. The molecular formula is C26H39N5O5. The van der Waals surface area contributed by atoms with Crippen LogP contribution in [0.2, 0.25) is 0 Å². The maximum Gasteiger partial charge on any atom is 0.411 e. The van der Waals surface area contributed by atoms with Gasteiger partial charge in [0, 0.05) is 25.6 Å². The highest BCUT2D eigenvalue weighted by molar-refractivity contribution is 5.96. The Bertz CT molecular complexity index is 936. The minimum Gasteiger partial charge on any atom is -0.444 e. The van der Waals surface area contributed by atoms with Crippen molar-refractivity contribution >= 4 is 23.8 Å². The first kappa shape index (κ1) is 26.2. The van der Waals surface area contributed by atoms with Gasteiger partial charge < -0.3 is 20.3 Å². The molecule has 0 aromatic heterocycles. The zero-order valence-corrected chi connectivity index (χ0v) is 21.7. The Hall–Kier alpha value is -2.83. The van der Waals surface area contributed by atoms with E-state index in [0.717, 1.165) is 25.7 Å². The van der Waals surface area contributed by atoms with Gasteiger partial charge in [-0.1, -0.05) is 12.8 Å². The van der Waals surface area contributed by atoms with Crippen molar-refractivity contribution in [2.75, 3.05) is 19.6 Å². The normalized spacial score (nSPS) is 28.0. The molecular weight excluding hydrogens is 462 g/mol. The Morgan fingerprint density at radius 3 is 2.53 bits per heavy atom. The lowest BCUT2D eigenvalue weighted by Crippen LogP contribution is -2.61. The molecule has 0 radical (unpaired) electrons. The fourth-order valence-electron chi connectivity index (χ4n) is 5.79. The van der Waals surface area contributed by atoms with Crippen LogP contribution in [0.5, 0.6) is 0 Å². The van der Waals surface area contributed by atoms with Gasteiger partial charge in [0.2, 0.25) is 17.7 Å². The van der Waals surface area contributed by atoms with Crippen LogP contribution in [-0.2, 0) is 19.1 Å². The van der Waals surface area contributed by atoms with Crippen LogP contribution in [0, 0.1) is 23.2 Å². The smallest absolute Gasteiger partial charge is 0.411 e. The molecule has 198 valence electrons. The summed E-state index contributed by atoms with van der Waals surface area (Å²) in [7, 11) is 0. The van der Waals surface area contributed by atoms with Crippen LogP contribution in [0.15, 0.2) is 0 Å². The van der Waals surface area contributed by atoms with Crippen LogP contribution in [-0.4, -0.2) is 76.5 Å². The Kier molecular flexibility index (Phi) is 7.48. The van der Waals surface area contributed by atoms with E-state index >= 15 is 0 Å². The van der Waals surface area contributed by atoms with E-state index < -0.39 is 29.3 Å². The molecule has 10 nitrogen and oxygen atoms in total. The van der Waals surface area contributed by atoms with Gasteiger partial charge in [-0.2, -0.15) is 5.26 Å². The molecule has 1 saturated carbocycles. The molecule has 4 atom stereocenters. The molecule has 1 spiro atoms. The molecule has 4 aliphatic rings. The van der Waals surface area contributed by atoms with Gasteiger partial charge in [-0.3, -0.25) is 19.3 Å². The van der Waals surface area contributed by atoms with Gasteiger partial charge in [-0.05, 0) is 71.6 Å². The zero-order valence-electron chi connectivity index (χ0n) is 21.7. The Balaban J connectivity index is 1.50. The van der Waals surface area contributed by atoms with E-state index in [9.17, 15) is 24.4 Å². The number of piperidine rings is 1. The molecule has 4 fully saturated rings. The maximum atomic E-state index is 14.0. The van der Waals surface area contributed by atoms with Crippen LogP contribution >= 0.6 is 0 Å². The van der Waals surface area contributed by atoms with Gasteiger partial charge in [-0.25, -0.2) is 4.79 Å². The van der Waals surface area contributed by atoms with Crippen molar-refractivity contribution in [2.24, 2.45) is 11.8 Å². The summed E-state index contributed by atoms with van der Waals surface area (Å²) in [6.07, 6.45) is 5.65. The van der Waals surface area contributed by atoms with Gasteiger partial charge in [-0.15, -0.1) is 0 Å². The first-order chi connectivity index (χ1) is 17.0. The van der Waals surface area contributed by atoms with E-state index in [4.69, 9.17) is 4.74 Å². The number of hydrogen-bond donors (Lipinski definition) is 2. The number of nitriles is 1. The Morgan fingerprint density at radius 1 is 1.17 bits per heavy atom. The second-order valence-corrected chi connectivity index (χ2v) is 11.8. The minimum atomic E-state index is -0.987. The summed E-state index contributed by atoms with van der Waals surface area (Å²) in [4.78, 5) is 55.7. The van der Waals surface area contributed by atoms with Crippen molar-refractivity contribution in [3.8, 4) is 6.07 Å². The lowest BCUT2D eigenvalue weighted by atomic mass is 9.85. The number of ether oxygens (including phenoxy) is 1. The lowest BCUT2D eigenvalue weighted by molar-refractivity contribution is -0.146. The predicted molar refractivity (Wildman–Crippen MR) is 130 cm³/mol. The monoisotopic (exact) mass is 501 g/mol. The van der Waals surface area contributed by atoms with Crippen molar-refractivity contribution in [3.63, 3.8) is 0 Å². The highest BCUT2D eigenvalue weighted by atomic mass is 16.6. The van der Waals surface area contributed by atoms with Gasteiger partial charge in [0.25, 0.3) is 0 Å². The number of rotatable bonds is 7. The zero-order chi connectivity index (χ0) is 26.1. The third-order valence-corrected chi connectivity index (χ3v) is 7.87. The SMILES string of the molecule is CC(C)(C)OC(=O)N1CCCCC12CCN([C@@H](CC1CC1)C(=O)N[C@H](C#N)C[C@@H]1CCNC1=O)C2=O. The third kappa shape index (κ3) is 5.60. The number of likely N-dealkylation sites (tertiary alicyclic amines) is 2. The number of nitrogens with zero attached hydrogens (tertiary/aromatic N) is 3. The lowest BCUT2D eigenvalue weighted by Gasteiger charge is -2.43. The Morgan fingerprint density at radius 2 is 1.92 bits per heavy atom. The first-order valence-corrected chi connectivity index (χ1v) is 13.3. The molecule has 10 heteroatoms. The van der Waals surface area contributed by atoms with E-state index in [1.54, 1.807) is 30.6 Å². The maximum absolute atomic E-state index is 14.0. The van der Waals surface area contributed by atoms with E-state index in [0.29, 0.717) is 51.2 Å². The van der Waals surface area contributed by atoms with Crippen LogP contribution in [0.1, 0.15) is 78.6 Å². The summed E-state index contributed by atoms with van der Waals surface area (Å²) in [5, 5.41) is 15.3. The summed E-state index contributed by atoms with van der Waals surface area (Å²) in [5.74, 6) is -0.553. The summed E-state index contributed by atoms with van der Waals surface area (Å²) in [5.41, 5.74) is -1.66. The van der Waals surface area contributed by atoms with E-state index in [2.05, 4.69) is 16.7 Å². The van der Waals surface area contributed by atoms with Crippen molar-refractivity contribution in [3.05, 3.63) is 0 Å². The van der Waals surface area contributed by atoms with E-state index in [1.807, 2.05) is 0 Å².